The topological polar surface area (TPSA) is 40.9 Å². The first kappa shape index (κ1) is 23.9. The quantitative estimate of drug-likeness (QED) is 0.320. The van der Waals surface area contributed by atoms with Gasteiger partial charge < -0.3 is 9.30 Å². The van der Waals surface area contributed by atoms with Crippen molar-refractivity contribution in [2.45, 2.75) is 20.4 Å². The molecule has 0 unspecified atom stereocenters. The van der Waals surface area contributed by atoms with E-state index >= 15 is 0 Å². The Kier molecular flexibility index (Phi) is 6.83. The molecule has 2 aromatic carbocycles. The van der Waals surface area contributed by atoms with Crippen molar-refractivity contribution in [1.82, 2.24) is 19.2 Å². The standard InChI is InChI=1S/C28H28Cl2N4O/c1-19(2)28(35)33-14-12-32(13-15-33)18-25-27(20-6-9-23(29)10-7-20)31-26-11-8-22(17-34(25)26)21-4-3-5-24(30)16-21/h3-11,16-17,19H,12-15,18H2,1-2H3. The van der Waals surface area contributed by atoms with Gasteiger partial charge in [0.05, 0.1) is 11.4 Å². The lowest BCUT2D eigenvalue weighted by molar-refractivity contribution is -0.136. The van der Waals surface area contributed by atoms with Crippen molar-refractivity contribution < 1.29 is 4.79 Å². The normalized spacial score (nSPS) is 14.7. The highest BCUT2D eigenvalue weighted by molar-refractivity contribution is 6.31. The fourth-order valence-corrected chi connectivity index (χ4v) is 4.94. The van der Waals surface area contributed by atoms with Crippen LogP contribution in [0.1, 0.15) is 19.5 Å². The number of aromatic nitrogens is 2. The molecule has 5 rings (SSSR count). The monoisotopic (exact) mass is 506 g/mol. The number of amides is 1. The van der Waals surface area contributed by atoms with E-state index in [-0.39, 0.29) is 11.8 Å². The number of rotatable bonds is 5. The summed E-state index contributed by atoms with van der Waals surface area (Å²) in [5.41, 5.74) is 6.14. The van der Waals surface area contributed by atoms with Crippen molar-refractivity contribution in [3.8, 4) is 22.4 Å². The minimum Gasteiger partial charge on any atom is -0.340 e. The van der Waals surface area contributed by atoms with E-state index in [2.05, 4.69) is 33.7 Å². The molecule has 1 fully saturated rings. The lowest BCUT2D eigenvalue weighted by atomic mass is 10.1. The molecule has 0 radical (unpaired) electrons. The minimum absolute atomic E-state index is 0.0294. The number of hydrogen-bond donors (Lipinski definition) is 0. The molecule has 4 aromatic rings. The van der Waals surface area contributed by atoms with Gasteiger partial charge in [0.25, 0.3) is 0 Å². The number of halogens is 2. The van der Waals surface area contributed by atoms with Crippen LogP contribution in [0, 0.1) is 5.92 Å². The van der Waals surface area contributed by atoms with Gasteiger partial charge in [0.15, 0.2) is 0 Å². The molecular formula is C28H28Cl2N4O. The molecule has 5 nitrogen and oxygen atoms in total. The summed E-state index contributed by atoms with van der Waals surface area (Å²) in [5, 5.41) is 1.41. The van der Waals surface area contributed by atoms with Crippen molar-refractivity contribution >= 4 is 34.8 Å². The van der Waals surface area contributed by atoms with E-state index in [4.69, 9.17) is 28.2 Å². The van der Waals surface area contributed by atoms with Crippen LogP contribution in [0.5, 0.6) is 0 Å². The van der Waals surface area contributed by atoms with Gasteiger partial charge in [-0.05, 0) is 47.5 Å². The van der Waals surface area contributed by atoms with Crippen LogP contribution < -0.4 is 0 Å². The predicted molar refractivity (Wildman–Crippen MR) is 143 cm³/mol. The Labute approximate surface area is 215 Å². The van der Waals surface area contributed by atoms with Crippen LogP contribution in [0.15, 0.2) is 66.9 Å². The highest BCUT2D eigenvalue weighted by Crippen LogP contribution is 2.30. The lowest BCUT2D eigenvalue weighted by Gasteiger charge is -2.35. The zero-order valence-electron chi connectivity index (χ0n) is 19.9. The molecule has 0 saturated carbocycles. The molecule has 1 amide bonds. The summed E-state index contributed by atoms with van der Waals surface area (Å²) >= 11 is 12.4. The first-order chi connectivity index (χ1) is 16.9. The van der Waals surface area contributed by atoms with E-state index < -0.39 is 0 Å². The smallest absolute Gasteiger partial charge is 0.225 e. The Balaban J connectivity index is 1.51. The number of hydrogen-bond acceptors (Lipinski definition) is 3. The molecule has 1 aliphatic rings. The van der Waals surface area contributed by atoms with E-state index in [9.17, 15) is 4.79 Å². The summed E-state index contributed by atoms with van der Waals surface area (Å²) in [5.74, 6) is 0.259. The van der Waals surface area contributed by atoms with Crippen LogP contribution in [0.25, 0.3) is 28.0 Å². The molecule has 0 bridgehead atoms. The zero-order chi connectivity index (χ0) is 24.5. The fourth-order valence-electron chi connectivity index (χ4n) is 4.63. The maximum absolute atomic E-state index is 12.4. The van der Waals surface area contributed by atoms with Crippen molar-refractivity contribution in [1.29, 1.82) is 0 Å². The SMILES string of the molecule is CC(C)C(=O)N1CCN(Cc2c(-c3ccc(Cl)cc3)nc3ccc(-c4cccc(Cl)c4)cn23)CC1. The van der Waals surface area contributed by atoms with Gasteiger partial charge in [-0.15, -0.1) is 0 Å². The molecule has 2 aromatic heterocycles. The number of nitrogens with zero attached hydrogens (tertiary/aromatic N) is 4. The Morgan fingerprint density at radius 3 is 2.29 bits per heavy atom. The van der Waals surface area contributed by atoms with Crippen LogP contribution in [0.2, 0.25) is 10.0 Å². The molecule has 3 heterocycles. The van der Waals surface area contributed by atoms with Crippen molar-refractivity contribution in [2.24, 2.45) is 5.92 Å². The van der Waals surface area contributed by atoms with Gasteiger partial charge in [0.1, 0.15) is 5.65 Å². The van der Waals surface area contributed by atoms with Crippen LogP contribution in [-0.2, 0) is 11.3 Å². The molecule has 0 aliphatic carbocycles. The number of imidazole rings is 1. The largest absolute Gasteiger partial charge is 0.340 e. The Bertz CT molecular complexity index is 1360. The summed E-state index contributed by atoms with van der Waals surface area (Å²) in [6, 6.07) is 19.9. The average molecular weight is 507 g/mol. The summed E-state index contributed by atoms with van der Waals surface area (Å²) in [6.07, 6.45) is 2.14. The summed E-state index contributed by atoms with van der Waals surface area (Å²) < 4.78 is 2.19. The fraction of sp³-hybridized carbons (Fsp3) is 0.286. The molecule has 1 aliphatic heterocycles. The summed E-state index contributed by atoms with van der Waals surface area (Å²) in [7, 11) is 0. The maximum atomic E-state index is 12.4. The Morgan fingerprint density at radius 2 is 1.60 bits per heavy atom. The third-order valence-corrected chi connectivity index (χ3v) is 7.03. The number of piperazine rings is 1. The van der Waals surface area contributed by atoms with Gasteiger partial charge in [0.2, 0.25) is 5.91 Å². The highest BCUT2D eigenvalue weighted by atomic mass is 35.5. The van der Waals surface area contributed by atoms with Gasteiger partial charge >= 0.3 is 0 Å². The van der Waals surface area contributed by atoms with E-state index in [0.29, 0.717) is 10.0 Å². The molecule has 35 heavy (non-hydrogen) atoms. The number of carbonyl (C=O) groups is 1. The summed E-state index contributed by atoms with van der Waals surface area (Å²) in [4.78, 5) is 21.8. The number of benzene rings is 2. The van der Waals surface area contributed by atoms with E-state index in [0.717, 1.165) is 66.4 Å². The van der Waals surface area contributed by atoms with Crippen LogP contribution >= 0.6 is 23.2 Å². The van der Waals surface area contributed by atoms with Gasteiger partial charge in [-0.2, -0.15) is 0 Å². The third kappa shape index (κ3) is 5.08. The van der Waals surface area contributed by atoms with Gasteiger partial charge in [0, 0.05) is 60.4 Å². The maximum Gasteiger partial charge on any atom is 0.225 e. The van der Waals surface area contributed by atoms with E-state index in [1.54, 1.807) is 0 Å². The van der Waals surface area contributed by atoms with Crippen LogP contribution in [0.4, 0.5) is 0 Å². The first-order valence-electron chi connectivity index (χ1n) is 11.9. The minimum atomic E-state index is 0.0294. The van der Waals surface area contributed by atoms with E-state index in [1.807, 2.05) is 61.2 Å². The van der Waals surface area contributed by atoms with Crippen molar-refractivity contribution in [3.05, 3.63) is 82.6 Å². The predicted octanol–water partition coefficient (Wildman–Crippen LogP) is 6.28. The van der Waals surface area contributed by atoms with E-state index in [1.165, 1.54) is 0 Å². The Hall–Kier alpha value is -2.86. The highest BCUT2D eigenvalue weighted by Gasteiger charge is 2.25. The molecule has 180 valence electrons. The van der Waals surface area contributed by atoms with Gasteiger partial charge in [-0.25, -0.2) is 4.98 Å². The molecule has 0 spiro atoms. The van der Waals surface area contributed by atoms with Crippen LogP contribution in [0.3, 0.4) is 0 Å². The molecule has 0 atom stereocenters. The Morgan fingerprint density at radius 1 is 0.886 bits per heavy atom. The second-order valence-electron chi connectivity index (χ2n) is 9.33. The number of fused-ring (bicyclic) bond motifs is 1. The first-order valence-corrected chi connectivity index (χ1v) is 12.7. The molecule has 7 heteroatoms. The zero-order valence-corrected chi connectivity index (χ0v) is 21.4. The number of pyridine rings is 1. The van der Waals surface area contributed by atoms with Crippen LogP contribution in [-0.4, -0.2) is 51.3 Å². The van der Waals surface area contributed by atoms with Crippen molar-refractivity contribution in [3.63, 3.8) is 0 Å². The molecule has 0 N–H and O–H groups in total. The molecule has 1 saturated heterocycles. The lowest BCUT2D eigenvalue weighted by Crippen LogP contribution is -2.49. The van der Waals surface area contributed by atoms with Gasteiger partial charge in [-0.1, -0.05) is 61.3 Å². The summed E-state index contributed by atoms with van der Waals surface area (Å²) in [6.45, 7) is 7.82. The molecular weight excluding hydrogens is 479 g/mol. The van der Waals surface area contributed by atoms with Crippen molar-refractivity contribution in [2.75, 3.05) is 26.2 Å². The number of carbonyl (C=O) groups excluding carboxylic acids is 1. The second kappa shape index (κ2) is 10.0. The third-order valence-electron chi connectivity index (χ3n) is 6.54. The second-order valence-corrected chi connectivity index (χ2v) is 10.2. The van der Waals surface area contributed by atoms with Gasteiger partial charge in [-0.3, -0.25) is 9.69 Å². The average Bonchev–Trinajstić information content (AvgIpc) is 3.22.